The Morgan fingerprint density at radius 1 is 0.900 bits per heavy atom. The van der Waals surface area contributed by atoms with Crippen LogP contribution in [0.4, 0.5) is 4.39 Å². The fourth-order valence-corrected chi connectivity index (χ4v) is 5.84. The van der Waals surface area contributed by atoms with Gasteiger partial charge in [-0.25, -0.2) is 4.39 Å². The zero-order valence-electron chi connectivity index (χ0n) is 18.9. The number of halogens is 1. The van der Waals surface area contributed by atoms with Crippen molar-refractivity contribution in [2.24, 2.45) is 23.7 Å². The summed E-state index contributed by atoms with van der Waals surface area (Å²) in [5.74, 6) is 3.38. The maximum atomic E-state index is 13.0. The highest BCUT2D eigenvalue weighted by Crippen LogP contribution is 2.43. The Hall–Kier alpha value is -1.38. The van der Waals surface area contributed by atoms with E-state index in [9.17, 15) is 9.18 Å². The van der Waals surface area contributed by atoms with Crippen LogP contribution in [0.3, 0.4) is 0 Å². The van der Waals surface area contributed by atoms with E-state index in [1.165, 1.54) is 108 Å². The third-order valence-corrected chi connectivity index (χ3v) is 7.65. The normalized spacial score (nSPS) is 27.0. The minimum absolute atomic E-state index is 0.188. The number of benzene rings is 1. The van der Waals surface area contributed by atoms with Gasteiger partial charge in [-0.1, -0.05) is 71.1 Å². The van der Waals surface area contributed by atoms with Crippen molar-refractivity contribution in [1.82, 2.24) is 0 Å². The number of rotatable bonds is 10. The first-order chi connectivity index (χ1) is 14.6. The Labute approximate surface area is 183 Å². The van der Waals surface area contributed by atoms with Crippen LogP contribution in [0.5, 0.6) is 5.75 Å². The van der Waals surface area contributed by atoms with Gasteiger partial charge in [0.1, 0.15) is 11.6 Å². The highest BCUT2D eigenvalue weighted by molar-refractivity contribution is 5.72. The maximum absolute atomic E-state index is 13.0. The smallest absolute Gasteiger partial charge is 0.311 e. The minimum Gasteiger partial charge on any atom is -0.427 e. The average molecular weight is 417 g/mol. The summed E-state index contributed by atoms with van der Waals surface area (Å²) >= 11 is 0. The minimum atomic E-state index is -0.312. The summed E-state index contributed by atoms with van der Waals surface area (Å²) in [5.41, 5.74) is 0. The van der Waals surface area contributed by atoms with Gasteiger partial charge in [-0.3, -0.25) is 4.79 Å². The van der Waals surface area contributed by atoms with E-state index in [1.54, 1.807) is 0 Å². The molecule has 0 saturated heterocycles. The van der Waals surface area contributed by atoms with E-state index in [-0.39, 0.29) is 11.8 Å². The van der Waals surface area contributed by atoms with Gasteiger partial charge in [-0.2, -0.15) is 0 Å². The van der Waals surface area contributed by atoms with Crippen LogP contribution < -0.4 is 4.74 Å². The van der Waals surface area contributed by atoms with Crippen molar-refractivity contribution in [2.75, 3.05) is 0 Å². The molecule has 0 aromatic heterocycles. The Morgan fingerprint density at radius 2 is 1.67 bits per heavy atom. The molecule has 168 valence electrons. The molecule has 2 nitrogen and oxygen atoms in total. The first kappa shape index (κ1) is 23.3. The zero-order chi connectivity index (χ0) is 21.2. The fraction of sp³-hybridized carbons (Fsp3) is 0.741. The molecule has 2 aliphatic rings. The van der Waals surface area contributed by atoms with Gasteiger partial charge in [0, 0.05) is 6.42 Å². The van der Waals surface area contributed by atoms with Gasteiger partial charge < -0.3 is 4.74 Å². The lowest BCUT2D eigenvalue weighted by molar-refractivity contribution is -0.134. The lowest BCUT2D eigenvalue weighted by Crippen LogP contribution is -2.27. The Morgan fingerprint density at radius 3 is 2.40 bits per heavy atom. The molecule has 1 unspecified atom stereocenters. The first-order valence-corrected chi connectivity index (χ1v) is 12.6. The molecular weight excluding hydrogens is 375 g/mol. The van der Waals surface area contributed by atoms with Crippen LogP contribution in [-0.2, 0) is 4.79 Å². The van der Waals surface area contributed by atoms with Crippen LogP contribution in [0.15, 0.2) is 24.3 Å². The van der Waals surface area contributed by atoms with Crippen LogP contribution in [0.2, 0.25) is 0 Å². The number of carbonyl (C=O) groups is 1. The van der Waals surface area contributed by atoms with Crippen molar-refractivity contribution in [2.45, 2.75) is 103 Å². The maximum Gasteiger partial charge on any atom is 0.311 e. The summed E-state index contributed by atoms with van der Waals surface area (Å²) in [6.45, 7) is 2.29. The Kier molecular flexibility index (Phi) is 9.68. The monoisotopic (exact) mass is 416 g/mol. The number of esters is 1. The Balaban J connectivity index is 1.34. The van der Waals surface area contributed by atoms with Crippen LogP contribution in [0.1, 0.15) is 103 Å². The van der Waals surface area contributed by atoms with Crippen molar-refractivity contribution in [3.8, 4) is 5.75 Å². The standard InChI is InChI=1S/C27H41FO2/c1-2-3-4-5-7-21-10-13-23(14-11-21)24-9-6-8-22(20-24)12-19-27(29)30-26-17-15-25(28)16-18-26/h15-18,21-24H,2-14,19-20H2,1H3/t21-,22?,23-,24-/m0/s1. The number of ether oxygens (including phenoxy) is 1. The Bertz CT molecular complexity index is 618. The highest BCUT2D eigenvalue weighted by Gasteiger charge is 2.31. The fourth-order valence-electron chi connectivity index (χ4n) is 5.84. The molecule has 2 atom stereocenters. The average Bonchev–Trinajstić information content (AvgIpc) is 2.77. The largest absolute Gasteiger partial charge is 0.427 e. The molecule has 3 heteroatoms. The molecular formula is C27H41FO2. The van der Waals surface area contributed by atoms with Gasteiger partial charge in [0.2, 0.25) is 0 Å². The summed E-state index contributed by atoms with van der Waals surface area (Å²) in [5, 5.41) is 0. The predicted molar refractivity (Wildman–Crippen MR) is 121 cm³/mol. The number of hydrogen-bond acceptors (Lipinski definition) is 2. The summed E-state index contributed by atoms with van der Waals surface area (Å²) < 4.78 is 18.3. The van der Waals surface area contributed by atoms with Crippen molar-refractivity contribution < 1.29 is 13.9 Å². The lowest BCUT2D eigenvalue weighted by Gasteiger charge is -2.38. The van der Waals surface area contributed by atoms with E-state index in [1.807, 2.05) is 0 Å². The van der Waals surface area contributed by atoms with Gasteiger partial charge in [0.15, 0.2) is 0 Å². The number of hydrogen-bond donors (Lipinski definition) is 0. The van der Waals surface area contributed by atoms with E-state index in [4.69, 9.17) is 4.74 Å². The van der Waals surface area contributed by atoms with Crippen molar-refractivity contribution in [3.05, 3.63) is 30.1 Å². The molecule has 0 radical (unpaired) electrons. The molecule has 2 aliphatic carbocycles. The molecule has 3 rings (SSSR count). The summed E-state index contributed by atoms with van der Waals surface area (Å²) in [7, 11) is 0. The second-order valence-corrected chi connectivity index (χ2v) is 9.89. The quantitative estimate of drug-likeness (QED) is 0.219. The van der Waals surface area contributed by atoms with Crippen LogP contribution in [0.25, 0.3) is 0 Å². The topological polar surface area (TPSA) is 26.3 Å². The SMILES string of the molecule is CCCCCC[C@H]1CC[C@H]([C@H]2CCCC(CCC(=O)Oc3ccc(F)cc3)C2)CC1. The van der Waals surface area contributed by atoms with Crippen LogP contribution in [0, 0.1) is 29.5 Å². The molecule has 0 spiro atoms. The van der Waals surface area contributed by atoms with Crippen LogP contribution >= 0.6 is 0 Å². The van der Waals surface area contributed by atoms with Gasteiger partial charge in [0.05, 0.1) is 0 Å². The lowest BCUT2D eigenvalue weighted by atomic mass is 9.67. The molecule has 2 fully saturated rings. The number of unbranched alkanes of at least 4 members (excludes halogenated alkanes) is 3. The van der Waals surface area contributed by atoms with Gasteiger partial charge in [-0.15, -0.1) is 0 Å². The summed E-state index contributed by atoms with van der Waals surface area (Å²) in [4.78, 5) is 12.2. The predicted octanol–water partition coefficient (Wildman–Crippen LogP) is 8.09. The van der Waals surface area contributed by atoms with Gasteiger partial charge in [-0.05, 0) is 73.6 Å². The first-order valence-electron chi connectivity index (χ1n) is 12.6. The van der Waals surface area contributed by atoms with Gasteiger partial charge >= 0.3 is 5.97 Å². The second-order valence-electron chi connectivity index (χ2n) is 9.89. The van der Waals surface area contributed by atoms with Crippen molar-refractivity contribution in [3.63, 3.8) is 0 Å². The molecule has 0 amide bonds. The van der Waals surface area contributed by atoms with E-state index in [0.717, 1.165) is 24.2 Å². The summed E-state index contributed by atoms with van der Waals surface area (Å²) in [6.07, 6.45) is 19.5. The molecule has 1 aromatic carbocycles. The number of carbonyl (C=O) groups excluding carboxylic acids is 1. The van der Waals surface area contributed by atoms with Crippen molar-refractivity contribution in [1.29, 1.82) is 0 Å². The molecule has 2 saturated carbocycles. The van der Waals surface area contributed by atoms with Crippen molar-refractivity contribution >= 4 is 5.97 Å². The molecule has 0 bridgehead atoms. The van der Waals surface area contributed by atoms with E-state index in [0.29, 0.717) is 18.1 Å². The third-order valence-electron chi connectivity index (χ3n) is 7.65. The molecule has 0 heterocycles. The zero-order valence-corrected chi connectivity index (χ0v) is 18.9. The van der Waals surface area contributed by atoms with E-state index < -0.39 is 0 Å². The molecule has 0 aliphatic heterocycles. The molecule has 0 N–H and O–H groups in total. The summed E-state index contributed by atoms with van der Waals surface area (Å²) in [6, 6.07) is 5.69. The van der Waals surface area contributed by atoms with Gasteiger partial charge in [0.25, 0.3) is 0 Å². The molecule has 1 aromatic rings. The van der Waals surface area contributed by atoms with E-state index in [2.05, 4.69) is 6.92 Å². The second kappa shape index (κ2) is 12.5. The highest BCUT2D eigenvalue weighted by atomic mass is 19.1. The van der Waals surface area contributed by atoms with Crippen LogP contribution in [-0.4, -0.2) is 5.97 Å². The third kappa shape index (κ3) is 7.71. The van der Waals surface area contributed by atoms with E-state index >= 15 is 0 Å². The molecule has 30 heavy (non-hydrogen) atoms.